The third-order valence-electron chi connectivity index (χ3n) is 5.36. The standard InChI is InChI=1S/C19H29N3O4S/c1-26-17-6-8-18(9-7-17)27(24,25)20-13-16-5-4-12-22(14-16)19(23)15-21-10-2-3-11-21/h6-9,16,20H,2-5,10-15H2,1H3/t16-/m1/s1. The Morgan fingerprint density at radius 2 is 1.85 bits per heavy atom. The van der Waals surface area contributed by atoms with Crippen LogP contribution in [0, 0.1) is 5.92 Å². The molecule has 1 aromatic carbocycles. The molecule has 0 spiro atoms. The average molecular weight is 396 g/mol. The van der Waals surface area contributed by atoms with E-state index in [2.05, 4.69) is 9.62 Å². The molecule has 2 aliphatic rings. The first-order valence-electron chi connectivity index (χ1n) is 9.62. The highest BCUT2D eigenvalue weighted by Gasteiger charge is 2.26. The largest absolute Gasteiger partial charge is 0.497 e. The minimum Gasteiger partial charge on any atom is -0.497 e. The molecule has 7 nitrogen and oxygen atoms in total. The quantitative estimate of drug-likeness (QED) is 0.753. The SMILES string of the molecule is COc1ccc(S(=O)(=O)NC[C@H]2CCCN(C(=O)CN3CCCC3)C2)cc1. The molecular formula is C19H29N3O4S. The number of piperidine rings is 1. The van der Waals surface area contributed by atoms with Gasteiger partial charge in [0.1, 0.15) is 5.75 Å². The number of carbonyl (C=O) groups excluding carboxylic acids is 1. The summed E-state index contributed by atoms with van der Waals surface area (Å²) in [6.45, 7) is 4.24. The highest BCUT2D eigenvalue weighted by atomic mass is 32.2. The number of nitrogens with zero attached hydrogens (tertiary/aromatic N) is 2. The fourth-order valence-corrected chi connectivity index (χ4v) is 4.87. The number of nitrogens with one attached hydrogen (secondary N) is 1. The second-order valence-electron chi connectivity index (χ2n) is 7.36. The van der Waals surface area contributed by atoms with Gasteiger partial charge in [-0.25, -0.2) is 13.1 Å². The molecule has 0 aromatic heterocycles. The first-order valence-corrected chi connectivity index (χ1v) is 11.1. The number of ether oxygens (including phenoxy) is 1. The van der Waals surface area contributed by atoms with Crippen LogP contribution in [-0.2, 0) is 14.8 Å². The van der Waals surface area contributed by atoms with E-state index < -0.39 is 10.0 Å². The Labute approximate surface area is 161 Å². The molecule has 150 valence electrons. The molecule has 0 bridgehead atoms. The average Bonchev–Trinajstić information content (AvgIpc) is 3.20. The summed E-state index contributed by atoms with van der Waals surface area (Å²) >= 11 is 0. The second-order valence-corrected chi connectivity index (χ2v) is 9.13. The molecule has 1 N–H and O–H groups in total. The van der Waals surface area contributed by atoms with E-state index in [1.54, 1.807) is 19.2 Å². The van der Waals surface area contributed by atoms with Crippen LogP contribution in [0.25, 0.3) is 0 Å². The van der Waals surface area contributed by atoms with Crippen LogP contribution in [0.4, 0.5) is 0 Å². The molecule has 0 saturated carbocycles. The Morgan fingerprint density at radius 3 is 2.52 bits per heavy atom. The summed E-state index contributed by atoms with van der Waals surface area (Å²) in [5.41, 5.74) is 0. The Bertz CT molecular complexity index is 730. The van der Waals surface area contributed by atoms with Gasteiger partial charge in [0.2, 0.25) is 15.9 Å². The molecule has 0 aliphatic carbocycles. The first-order chi connectivity index (χ1) is 13.0. The fraction of sp³-hybridized carbons (Fsp3) is 0.632. The Morgan fingerprint density at radius 1 is 1.15 bits per heavy atom. The number of hydrogen-bond acceptors (Lipinski definition) is 5. The topological polar surface area (TPSA) is 79.0 Å². The number of rotatable bonds is 7. The lowest BCUT2D eigenvalue weighted by Crippen LogP contribution is -2.46. The Balaban J connectivity index is 1.51. The summed E-state index contributed by atoms with van der Waals surface area (Å²) in [7, 11) is -2.01. The number of benzene rings is 1. The maximum Gasteiger partial charge on any atom is 0.240 e. The van der Waals surface area contributed by atoms with E-state index in [1.165, 1.54) is 25.0 Å². The zero-order chi connectivity index (χ0) is 19.3. The minimum absolute atomic E-state index is 0.148. The number of methoxy groups -OCH3 is 1. The van der Waals surface area contributed by atoms with Crippen LogP contribution in [0.2, 0.25) is 0 Å². The van der Waals surface area contributed by atoms with Gasteiger partial charge in [-0.05, 0) is 69.0 Å². The molecule has 1 atom stereocenters. The van der Waals surface area contributed by atoms with Crippen molar-refractivity contribution in [2.45, 2.75) is 30.6 Å². The second kappa shape index (κ2) is 9.03. The van der Waals surface area contributed by atoms with E-state index in [-0.39, 0.29) is 16.7 Å². The van der Waals surface area contributed by atoms with E-state index in [0.717, 1.165) is 32.5 Å². The van der Waals surface area contributed by atoms with E-state index >= 15 is 0 Å². The van der Waals surface area contributed by atoms with Gasteiger partial charge in [0.05, 0.1) is 18.6 Å². The van der Waals surface area contributed by atoms with Gasteiger partial charge in [-0.2, -0.15) is 0 Å². The van der Waals surface area contributed by atoms with E-state index in [1.807, 2.05) is 4.90 Å². The van der Waals surface area contributed by atoms with Crippen molar-refractivity contribution < 1.29 is 17.9 Å². The lowest BCUT2D eigenvalue weighted by atomic mass is 9.98. The van der Waals surface area contributed by atoms with Gasteiger partial charge in [0, 0.05) is 19.6 Å². The number of sulfonamides is 1. The molecule has 2 heterocycles. The summed E-state index contributed by atoms with van der Waals surface area (Å²) in [4.78, 5) is 16.8. The molecule has 2 saturated heterocycles. The Hall–Kier alpha value is -1.64. The lowest BCUT2D eigenvalue weighted by molar-refractivity contribution is -0.133. The molecule has 8 heteroatoms. The molecular weight excluding hydrogens is 366 g/mol. The van der Waals surface area contributed by atoms with Crippen LogP contribution in [-0.4, -0.2) is 70.5 Å². The molecule has 0 radical (unpaired) electrons. The minimum atomic E-state index is -3.56. The van der Waals surface area contributed by atoms with E-state index in [4.69, 9.17) is 4.74 Å². The molecule has 1 aromatic rings. The van der Waals surface area contributed by atoms with Crippen molar-refractivity contribution in [3.8, 4) is 5.75 Å². The van der Waals surface area contributed by atoms with Crippen molar-refractivity contribution in [3.63, 3.8) is 0 Å². The molecule has 3 rings (SSSR count). The van der Waals surface area contributed by atoms with Gasteiger partial charge in [-0.15, -0.1) is 0 Å². The van der Waals surface area contributed by atoms with Crippen molar-refractivity contribution in [2.75, 3.05) is 46.4 Å². The van der Waals surface area contributed by atoms with Gasteiger partial charge in [0.15, 0.2) is 0 Å². The van der Waals surface area contributed by atoms with Crippen LogP contribution in [0.15, 0.2) is 29.2 Å². The highest BCUT2D eigenvalue weighted by molar-refractivity contribution is 7.89. The van der Waals surface area contributed by atoms with Gasteiger partial charge in [0.25, 0.3) is 0 Å². The van der Waals surface area contributed by atoms with Gasteiger partial charge in [-0.1, -0.05) is 0 Å². The van der Waals surface area contributed by atoms with E-state index in [0.29, 0.717) is 25.4 Å². The molecule has 0 unspecified atom stereocenters. The van der Waals surface area contributed by atoms with Gasteiger partial charge in [-0.3, -0.25) is 9.69 Å². The zero-order valence-electron chi connectivity index (χ0n) is 15.9. The maximum atomic E-state index is 12.5. The van der Waals surface area contributed by atoms with Crippen LogP contribution >= 0.6 is 0 Å². The number of likely N-dealkylation sites (tertiary alicyclic amines) is 2. The van der Waals surface area contributed by atoms with Crippen molar-refractivity contribution in [1.82, 2.24) is 14.5 Å². The molecule has 2 aliphatic heterocycles. The summed E-state index contributed by atoms with van der Waals surface area (Å²) in [6.07, 6.45) is 4.19. The summed E-state index contributed by atoms with van der Waals surface area (Å²) < 4.78 is 32.7. The van der Waals surface area contributed by atoms with Crippen molar-refractivity contribution in [1.29, 1.82) is 0 Å². The Kier molecular flexibility index (Phi) is 6.73. The van der Waals surface area contributed by atoms with E-state index in [9.17, 15) is 13.2 Å². The van der Waals surface area contributed by atoms with Crippen molar-refractivity contribution in [3.05, 3.63) is 24.3 Å². The number of hydrogen-bond donors (Lipinski definition) is 1. The lowest BCUT2D eigenvalue weighted by Gasteiger charge is -2.33. The predicted octanol–water partition coefficient (Wildman–Crippen LogP) is 1.31. The smallest absolute Gasteiger partial charge is 0.240 e. The zero-order valence-corrected chi connectivity index (χ0v) is 16.7. The van der Waals surface area contributed by atoms with Crippen molar-refractivity contribution >= 4 is 15.9 Å². The summed E-state index contributed by atoms with van der Waals surface area (Å²) in [6, 6.07) is 6.34. The maximum absolute atomic E-state index is 12.5. The molecule has 2 fully saturated rings. The predicted molar refractivity (Wildman–Crippen MR) is 103 cm³/mol. The van der Waals surface area contributed by atoms with Crippen LogP contribution in [0.5, 0.6) is 5.75 Å². The summed E-state index contributed by atoms with van der Waals surface area (Å²) in [5, 5.41) is 0. The van der Waals surface area contributed by atoms with Crippen molar-refractivity contribution in [2.24, 2.45) is 5.92 Å². The van der Waals surface area contributed by atoms with Gasteiger partial charge < -0.3 is 9.64 Å². The molecule has 27 heavy (non-hydrogen) atoms. The van der Waals surface area contributed by atoms with Crippen LogP contribution in [0.3, 0.4) is 0 Å². The normalized spacial score (nSPS) is 21.4. The third-order valence-corrected chi connectivity index (χ3v) is 6.80. The highest BCUT2D eigenvalue weighted by Crippen LogP contribution is 2.19. The van der Waals surface area contributed by atoms with Crippen LogP contribution < -0.4 is 9.46 Å². The summed E-state index contributed by atoms with van der Waals surface area (Å²) in [5.74, 6) is 0.933. The fourth-order valence-electron chi connectivity index (χ4n) is 3.76. The monoisotopic (exact) mass is 395 g/mol. The molecule has 1 amide bonds. The third kappa shape index (κ3) is 5.43. The first kappa shape index (κ1) is 20.1. The van der Waals surface area contributed by atoms with Gasteiger partial charge >= 0.3 is 0 Å². The number of carbonyl (C=O) groups is 1. The number of amides is 1. The van der Waals surface area contributed by atoms with Crippen LogP contribution in [0.1, 0.15) is 25.7 Å².